The molecule has 0 saturated heterocycles. The minimum Gasteiger partial charge on any atom is -0.406 e. The van der Waals surface area contributed by atoms with Gasteiger partial charge in [-0.3, -0.25) is 4.79 Å². The lowest BCUT2D eigenvalue weighted by atomic mass is 10.2. The van der Waals surface area contributed by atoms with E-state index in [1.54, 1.807) is 0 Å². The van der Waals surface area contributed by atoms with E-state index in [9.17, 15) is 18.0 Å². The number of benzene rings is 1. The molecule has 1 heterocycles. The molecule has 1 amide bonds. The van der Waals surface area contributed by atoms with E-state index in [0.717, 1.165) is 12.8 Å². The van der Waals surface area contributed by atoms with Crippen LogP contribution in [0.15, 0.2) is 28.6 Å². The van der Waals surface area contributed by atoms with Crippen LogP contribution in [0.3, 0.4) is 0 Å². The third-order valence-corrected chi connectivity index (χ3v) is 5.17. The van der Waals surface area contributed by atoms with Gasteiger partial charge in [-0.15, -0.1) is 23.4 Å². The van der Waals surface area contributed by atoms with Crippen LogP contribution in [-0.4, -0.2) is 34.3 Å². The Morgan fingerprint density at radius 1 is 1.30 bits per heavy atom. The number of amides is 1. The number of anilines is 2. The summed E-state index contributed by atoms with van der Waals surface area (Å²) in [6.07, 6.45) is -2.79. The van der Waals surface area contributed by atoms with Gasteiger partial charge in [0, 0.05) is 11.7 Å². The Bertz CT molecular complexity index is 738. The Labute approximate surface area is 162 Å². The van der Waals surface area contributed by atoms with Crippen LogP contribution in [0.25, 0.3) is 0 Å². The number of hydrogen-bond donors (Lipinski definition) is 2. The number of alkyl halides is 3. The molecule has 1 unspecified atom stereocenters. The van der Waals surface area contributed by atoms with Crippen molar-refractivity contribution in [3.63, 3.8) is 0 Å². The monoisotopic (exact) mass is 420 g/mol. The van der Waals surface area contributed by atoms with Gasteiger partial charge < -0.3 is 15.4 Å². The zero-order valence-electron chi connectivity index (χ0n) is 14.7. The minimum atomic E-state index is -4.72. The number of carbonyl (C=O) groups excluding carboxylic acids is 1. The summed E-state index contributed by atoms with van der Waals surface area (Å²) in [7, 11) is 0. The van der Waals surface area contributed by atoms with E-state index < -0.39 is 6.36 Å². The number of rotatable bonds is 9. The van der Waals surface area contributed by atoms with Crippen LogP contribution in [-0.2, 0) is 4.79 Å². The third kappa shape index (κ3) is 8.04. The van der Waals surface area contributed by atoms with Gasteiger partial charge in [0.25, 0.3) is 0 Å². The molecule has 0 fully saturated rings. The van der Waals surface area contributed by atoms with Gasteiger partial charge in [0.15, 0.2) is 4.34 Å². The fourth-order valence-corrected chi connectivity index (χ4v) is 3.71. The maximum atomic E-state index is 12.1. The molecule has 0 radical (unpaired) electrons. The van der Waals surface area contributed by atoms with Crippen molar-refractivity contribution in [2.75, 3.05) is 11.1 Å². The van der Waals surface area contributed by atoms with Crippen LogP contribution in [0, 0.1) is 0 Å². The maximum Gasteiger partial charge on any atom is 0.573 e. The molecule has 2 rings (SSSR count). The van der Waals surface area contributed by atoms with Crippen molar-refractivity contribution in [2.24, 2.45) is 0 Å². The number of nitrogens with one attached hydrogen (secondary N) is 2. The fourth-order valence-electron chi connectivity index (χ4n) is 2.13. The molecule has 0 spiro atoms. The number of carbonyl (C=O) groups is 1. The van der Waals surface area contributed by atoms with Gasteiger partial charge >= 0.3 is 6.36 Å². The van der Waals surface area contributed by atoms with Gasteiger partial charge in [-0.05, 0) is 37.6 Å². The van der Waals surface area contributed by atoms with Gasteiger partial charge in [0.05, 0.1) is 5.75 Å². The Morgan fingerprint density at radius 2 is 2.00 bits per heavy atom. The summed E-state index contributed by atoms with van der Waals surface area (Å²) >= 11 is 2.53. The van der Waals surface area contributed by atoms with Crippen LogP contribution in [0.4, 0.5) is 24.0 Å². The van der Waals surface area contributed by atoms with E-state index >= 15 is 0 Å². The molecule has 148 valence electrons. The second kappa shape index (κ2) is 9.79. The van der Waals surface area contributed by atoms with E-state index in [4.69, 9.17) is 0 Å². The first-order valence-corrected chi connectivity index (χ1v) is 9.94. The third-order valence-electron chi connectivity index (χ3n) is 3.20. The van der Waals surface area contributed by atoms with Gasteiger partial charge in [-0.1, -0.05) is 36.4 Å². The Hall–Kier alpha value is -2.01. The minimum absolute atomic E-state index is 0.0640. The molecule has 0 bridgehead atoms. The molecule has 0 saturated carbocycles. The van der Waals surface area contributed by atoms with Crippen molar-refractivity contribution in [3.8, 4) is 5.75 Å². The summed E-state index contributed by atoms with van der Waals surface area (Å²) in [5.41, 5.74) is 0.545. The number of thioether (sulfide) groups is 1. The smallest absolute Gasteiger partial charge is 0.406 e. The quantitative estimate of drug-likeness (QED) is 0.579. The van der Waals surface area contributed by atoms with Crippen molar-refractivity contribution < 1.29 is 22.7 Å². The normalized spacial score (nSPS) is 12.5. The summed E-state index contributed by atoms with van der Waals surface area (Å²) < 4.78 is 40.9. The molecule has 2 N–H and O–H groups in total. The van der Waals surface area contributed by atoms with Crippen LogP contribution in [0.2, 0.25) is 0 Å². The molecule has 11 heteroatoms. The first-order valence-electron chi connectivity index (χ1n) is 8.13. The molecule has 1 aromatic carbocycles. The fraction of sp³-hybridized carbons (Fsp3) is 0.438. The SMILES string of the molecule is CCCC(C)NC(=O)CSc1nnc(Nc2ccc(OC(F)(F)F)cc2)s1. The van der Waals surface area contributed by atoms with Crippen molar-refractivity contribution in [2.45, 2.75) is 43.4 Å². The Morgan fingerprint density at radius 3 is 2.63 bits per heavy atom. The number of halogens is 3. The lowest BCUT2D eigenvalue weighted by Crippen LogP contribution is -2.33. The van der Waals surface area contributed by atoms with E-state index in [2.05, 4.69) is 32.5 Å². The zero-order chi connectivity index (χ0) is 19.9. The van der Waals surface area contributed by atoms with Crippen LogP contribution in [0.5, 0.6) is 5.75 Å². The molecule has 6 nitrogen and oxygen atoms in total. The topological polar surface area (TPSA) is 76.1 Å². The summed E-state index contributed by atoms with van der Waals surface area (Å²) in [6.45, 7) is 4.02. The van der Waals surface area contributed by atoms with Gasteiger partial charge in [-0.25, -0.2) is 0 Å². The number of hydrogen-bond acceptors (Lipinski definition) is 7. The summed E-state index contributed by atoms with van der Waals surface area (Å²) in [6, 6.07) is 5.43. The van der Waals surface area contributed by atoms with E-state index in [1.165, 1.54) is 47.4 Å². The van der Waals surface area contributed by atoms with Crippen LogP contribution < -0.4 is 15.4 Å². The average Bonchev–Trinajstić information content (AvgIpc) is 3.01. The second-order valence-electron chi connectivity index (χ2n) is 5.62. The Kier molecular flexibility index (Phi) is 7.72. The van der Waals surface area contributed by atoms with Gasteiger partial charge in [0.1, 0.15) is 5.75 Å². The molecule has 2 aromatic rings. The highest BCUT2D eigenvalue weighted by atomic mass is 32.2. The van der Waals surface area contributed by atoms with Gasteiger partial charge in [0.2, 0.25) is 11.0 Å². The number of nitrogens with zero attached hydrogens (tertiary/aromatic N) is 2. The standard InChI is InChI=1S/C16H19F3N4O2S2/c1-3-4-10(2)20-13(24)9-26-15-23-22-14(27-15)21-11-5-7-12(8-6-11)25-16(17,18)19/h5-8,10H,3-4,9H2,1-2H3,(H,20,24)(H,21,22). The van der Waals surface area contributed by atoms with Crippen molar-refractivity contribution in [3.05, 3.63) is 24.3 Å². The average molecular weight is 420 g/mol. The molecule has 0 aliphatic heterocycles. The lowest BCUT2D eigenvalue weighted by molar-refractivity contribution is -0.274. The zero-order valence-corrected chi connectivity index (χ0v) is 16.3. The summed E-state index contributed by atoms with van der Waals surface area (Å²) in [5.74, 6) is -0.123. The predicted molar refractivity (Wildman–Crippen MR) is 99.6 cm³/mol. The van der Waals surface area contributed by atoms with Gasteiger partial charge in [-0.2, -0.15) is 0 Å². The largest absolute Gasteiger partial charge is 0.573 e. The van der Waals surface area contributed by atoms with Crippen molar-refractivity contribution in [1.82, 2.24) is 15.5 Å². The Balaban J connectivity index is 1.82. The first-order chi connectivity index (χ1) is 12.7. The molecular formula is C16H19F3N4O2S2. The summed E-state index contributed by atoms with van der Waals surface area (Å²) in [5, 5.41) is 14.3. The first kappa shape index (κ1) is 21.3. The molecule has 0 aliphatic rings. The number of aromatic nitrogens is 2. The highest BCUT2D eigenvalue weighted by Gasteiger charge is 2.30. The molecule has 1 atom stereocenters. The highest BCUT2D eigenvalue weighted by molar-refractivity contribution is 8.01. The number of ether oxygens (including phenoxy) is 1. The molecule has 27 heavy (non-hydrogen) atoms. The predicted octanol–water partition coefficient (Wildman–Crippen LogP) is 4.58. The maximum absolute atomic E-state index is 12.1. The van der Waals surface area contributed by atoms with Crippen LogP contribution in [0.1, 0.15) is 26.7 Å². The summed E-state index contributed by atoms with van der Waals surface area (Å²) in [4.78, 5) is 11.8. The second-order valence-corrected chi connectivity index (χ2v) is 7.82. The van der Waals surface area contributed by atoms with Crippen molar-refractivity contribution in [1.29, 1.82) is 0 Å². The van der Waals surface area contributed by atoms with Crippen LogP contribution >= 0.6 is 23.1 Å². The van der Waals surface area contributed by atoms with E-state index in [-0.39, 0.29) is 23.5 Å². The van der Waals surface area contributed by atoms with E-state index in [1.807, 2.05) is 6.92 Å². The molecular weight excluding hydrogens is 401 g/mol. The van der Waals surface area contributed by atoms with Crippen molar-refractivity contribution >= 4 is 39.8 Å². The molecule has 0 aliphatic carbocycles. The molecule has 1 aromatic heterocycles. The van der Waals surface area contributed by atoms with E-state index in [0.29, 0.717) is 15.2 Å². The highest BCUT2D eigenvalue weighted by Crippen LogP contribution is 2.29. The lowest BCUT2D eigenvalue weighted by Gasteiger charge is -2.11.